The predicted molar refractivity (Wildman–Crippen MR) is 262 cm³/mol. The first kappa shape index (κ1) is 36.3. The number of para-hydroxylation sites is 1. The molecule has 4 aliphatic rings. The van der Waals surface area contributed by atoms with Gasteiger partial charge in [0.05, 0.1) is 11.0 Å². The number of hydrogen-bond acceptors (Lipinski definition) is 4. The Morgan fingerprint density at radius 1 is 0.508 bits per heavy atom. The number of nitrogens with zero attached hydrogens (tertiary/aromatic N) is 3. The van der Waals surface area contributed by atoms with E-state index in [1.165, 1.54) is 72.3 Å². The first-order chi connectivity index (χ1) is 32.2. The van der Waals surface area contributed by atoms with Crippen LogP contribution in [0.15, 0.2) is 216 Å². The van der Waals surface area contributed by atoms with Crippen LogP contribution >= 0.6 is 0 Å². The third-order valence-electron chi connectivity index (χ3n) is 14.4. The third-order valence-corrected chi connectivity index (χ3v) is 14.4. The predicted octanol–water partition coefficient (Wildman–Crippen LogP) is 14.7. The zero-order valence-electron chi connectivity index (χ0n) is 35.4. The molecule has 2 aromatic heterocycles. The highest BCUT2D eigenvalue weighted by atomic mass is 16.3. The summed E-state index contributed by atoms with van der Waals surface area (Å²) in [6.07, 6.45) is 11.0. The number of fused-ring (bicyclic) bond motifs is 16. The fraction of sp³-hybridized carbons (Fsp3) is 0.0656. The van der Waals surface area contributed by atoms with Gasteiger partial charge in [0.2, 0.25) is 0 Å². The Labute approximate surface area is 376 Å². The first-order valence-corrected chi connectivity index (χ1v) is 22.6. The van der Waals surface area contributed by atoms with Crippen molar-refractivity contribution in [2.45, 2.75) is 24.2 Å². The van der Waals surface area contributed by atoms with Gasteiger partial charge in [0, 0.05) is 27.8 Å². The summed E-state index contributed by atoms with van der Waals surface area (Å²) in [5, 5.41) is 2.13. The summed E-state index contributed by atoms with van der Waals surface area (Å²) < 4.78 is 6.80. The molecule has 4 nitrogen and oxygen atoms in total. The van der Waals surface area contributed by atoms with Gasteiger partial charge < -0.3 is 4.42 Å². The molecule has 65 heavy (non-hydrogen) atoms. The van der Waals surface area contributed by atoms with Crippen molar-refractivity contribution in [3.8, 4) is 56.4 Å². The second kappa shape index (κ2) is 13.9. The van der Waals surface area contributed by atoms with Crippen LogP contribution in [0.3, 0.4) is 0 Å². The van der Waals surface area contributed by atoms with Gasteiger partial charge in [0.1, 0.15) is 11.2 Å². The van der Waals surface area contributed by atoms with Crippen molar-refractivity contribution >= 4 is 27.5 Å². The molecule has 10 aromatic rings. The third kappa shape index (κ3) is 5.16. The average molecular weight is 830 g/mol. The van der Waals surface area contributed by atoms with E-state index in [-0.39, 0.29) is 5.92 Å². The van der Waals surface area contributed by atoms with Gasteiger partial charge in [-0.2, -0.15) is 0 Å². The van der Waals surface area contributed by atoms with Crippen molar-refractivity contribution in [3.63, 3.8) is 0 Å². The van der Waals surface area contributed by atoms with Gasteiger partial charge in [-0.05, 0) is 103 Å². The van der Waals surface area contributed by atoms with Crippen LogP contribution in [0.4, 0.5) is 0 Å². The standard InChI is InChI=1S/C61H39N3O/c1-4-17-37(18-5-1)58-62-59(38-19-6-2-7-20-38)64-60(63-58)48-27-16-26-47-50-35-39(32-34-54(50)65-57(47)48)49-36-40-31-33-46-44-24-13-15-30-53(44)61(56(46)55(40)45-25-11-10-21-41(45)49)51-28-9-3-8-22-42(51)43-23-12-14-29-52(43)61/h1-21,23-35,49H,22,36H2. The maximum atomic E-state index is 6.80. The van der Waals surface area contributed by atoms with Crippen LogP contribution in [0.25, 0.3) is 83.9 Å². The molecule has 0 N–H and O–H groups in total. The van der Waals surface area contributed by atoms with Crippen LogP contribution in [-0.4, -0.2) is 15.0 Å². The lowest BCUT2D eigenvalue weighted by Crippen LogP contribution is -2.28. The topological polar surface area (TPSA) is 51.8 Å². The molecule has 0 fully saturated rings. The van der Waals surface area contributed by atoms with Crippen LogP contribution in [0.2, 0.25) is 0 Å². The molecule has 2 unspecified atom stereocenters. The van der Waals surface area contributed by atoms with Crippen LogP contribution in [0, 0.1) is 0 Å². The Morgan fingerprint density at radius 2 is 1.17 bits per heavy atom. The molecule has 2 heterocycles. The minimum atomic E-state index is -0.416. The van der Waals surface area contributed by atoms with E-state index in [0.717, 1.165) is 51.5 Å². The fourth-order valence-corrected chi connectivity index (χ4v) is 11.7. The molecule has 0 radical (unpaired) electrons. The summed E-state index contributed by atoms with van der Waals surface area (Å²) in [4.78, 5) is 15.1. The molecule has 0 saturated carbocycles. The zero-order valence-corrected chi connectivity index (χ0v) is 35.4. The highest BCUT2D eigenvalue weighted by molar-refractivity contribution is 6.09. The fourth-order valence-electron chi connectivity index (χ4n) is 11.7. The Balaban J connectivity index is 0.928. The van der Waals surface area contributed by atoms with Crippen LogP contribution < -0.4 is 0 Å². The lowest BCUT2D eigenvalue weighted by Gasteiger charge is -2.37. The molecule has 8 aromatic carbocycles. The van der Waals surface area contributed by atoms with E-state index in [0.29, 0.717) is 17.5 Å². The summed E-state index contributed by atoms with van der Waals surface area (Å²) in [5.74, 6) is 1.97. The Hall–Kier alpha value is -8.21. The van der Waals surface area contributed by atoms with Crippen molar-refractivity contribution in [2.24, 2.45) is 0 Å². The van der Waals surface area contributed by atoms with Crippen molar-refractivity contribution in [1.82, 2.24) is 15.0 Å². The van der Waals surface area contributed by atoms with Gasteiger partial charge in [-0.15, -0.1) is 0 Å². The zero-order chi connectivity index (χ0) is 42.6. The summed E-state index contributed by atoms with van der Waals surface area (Å²) in [6.45, 7) is 0. The monoisotopic (exact) mass is 829 g/mol. The lowest BCUT2D eigenvalue weighted by molar-refractivity contribution is 0.669. The summed E-state index contributed by atoms with van der Waals surface area (Å²) in [5.41, 5.74) is 21.7. The quantitative estimate of drug-likeness (QED) is 0.177. The van der Waals surface area contributed by atoms with Gasteiger partial charge in [-0.3, -0.25) is 0 Å². The Kier molecular flexibility index (Phi) is 7.76. The summed E-state index contributed by atoms with van der Waals surface area (Å²) in [7, 11) is 0. The molecule has 14 rings (SSSR count). The molecule has 4 heteroatoms. The smallest absolute Gasteiger partial charge is 0.167 e. The first-order valence-electron chi connectivity index (χ1n) is 22.6. The van der Waals surface area contributed by atoms with Gasteiger partial charge in [-0.25, -0.2) is 15.0 Å². The van der Waals surface area contributed by atoms with Crippen molar-refractivity contribution < 1.29 is 4.42 Å². The second-order valence-corrected chi connectivity index (χ2v) is 17.7. The van der Waals surface area contributed by atoms with E-state index in [9.17, 15) is 0 Å². The molecule has 1 spiro atoms. The number of rotatable bonds is 4. The molecular formula is C61H39N3O. The van der Waals surface area contributed by atoms with E-state index in [2.05, 4.69) is 146 Å². The van der Waals surface area contributed by atoms with Crippen molar-refractivity contribution in [1.29, 1.82) is 0 Å². The van der Waals surface area contributed by atoms with Crippen molar-refractivity contribution in [2.75, 3.05) is 0 Å². The van der Waals surface area contributed by atoms with Gasteiger partial charge in [0.15, 0.2) is 17.5 Å². The molecule has 0 amide bonds. The largest absolute Gasteiger partial charge is 0.455 e. The Bertz CT molecular complexity index is 3670. The molecule has 0 aliphatic heterocycles. The maximum Gasteiger partial charge on any atom is 0.167 e. The number of furan rings is 1. The minimum absolute atomic E-state index is 0.145. The van der Waals surface area contributed by atoms with Crippen LogP contribution in [0.5, 0.6) is 0 Å². The molecule has 0 bridgehead atoms. The molecule has 2 atom stereocenters. The van der Waals surface area contributed by atoms with Crippen LogP contribution in [0.1, 0.15) is 51.3 Å². The van der Waals surface area contributed by atoms with Crippen LogP contribution in [-0.2, 0) is 11.8 Å². The van der Waals surface area contributed by atoms with E-state index in [1.807, 2.05) is 60.7 Å². The average Bonchev–Trinajstić information content (AvgIpc) is 3.90. The van der Waals surface area contributed by atoms with E-state index < -0.39 is 5.41 Å². The highest BCUT2D eigenvalue weighted by Gasteiger charge is 2.54. The maximum absolute atomic E-state index is 6.80. The SMILES string of the molecule is C1=CCC2=C(C=C1)C1(c3ccccc32)c2ccccc2-c2ccc3c(c21)-c1ccccc1C(c1ccc2oc4c(-c5nc(-c6ccccc6)nc(-c6ccccc6)n5)cccc4c2c1)C3. The summed E-state index contributed by atoms with van der Waals surface area (Å²) >= 11 is 0. The van der Waals surface area contributed by atoms with Gasteiger partial charge in [-0.1, -0.05) is 188 Å². The molecule has 4 aliphatic carbocycles. The number of aromatic nitrogens is 3. The number of allylic oxidation sites excluding steroid dienone is 6. The normalized spacial score (nSPS) is 17.4. The molecule has 304 valence electrons. The van der Waals surface area contributed by atoms with Gasteiger partial charge in [0.25, 0.3) is 0 Å². The van der Waals surface area contributed by atoms with E-state index >= 15 is 0 Å². The second-order valence-electron chi connectivity index (χ2n) is 17.7. The number of benzene rings is 8. The number of hydrogen-bond donors (Lipinski definition) is 0. The molecular weight excluding hydrogens is 791 g/mol. The minimum Gasteiger partial charge on any atom is -0.455 e. The van der Waals surface area contributed by atoms with E-state index in [1.54, 1.807) is 0 Å². The Morgan fingerprint density at radius 3 is 1.95 bits per heavy atom. The highest BCUT2D eigenvalue weighted by Crippen LogP contribution is 2.66. The summed E-state index contributed by atoms with van der Waals surface area (Å²) in [6, 6.07) is 65.7. The van der Waals surface area contributed by atoms with E-state index in [4.69, 9.17) is 19.4 Å². The lowest BCUT2D eigenvalue weighted by atomic mass is 9.65. The van der Waals surface area contributed by atoms with Gasteiger partial charge >= 0.3 is 0 Å². The molecule has 0 saturated heterocycles. The van der Waals surface area contributed by atoms with Crippen molar-refractivity contribution in [3.05, 3.63) is 251 Å².